The molecule has 0 aliphatic rings. The van der Waals surface area contributed by atoms with Gasteiger partial charge in [0.15, 0.2) is 0 Å². The van der Waals surface area contributed by atoms with Crippen molar-refractivity contribution in [2.45, 2.75) is 58.5 Å². The van der Waals surface area contributed by atoms with Gasteiger partial charge < -0.3 is 9.88 Å². The predicted octanol–water partition coefficient (Wildman–Crippen LogP) is 4.12. The minimum Gasteiger partial charge on any atom is -0.352 e. The molecule has 3 heteroatoms. The fourth-order valence-corrected chi connectivity index (χ4v) is 2.70. The lowest BCUT2D eigenvalue weighted by Gasteiger charge is -2.14. The number of fused-ring (bicyclic) bond motifs is 1. The van der Waals surface area contributed by atoms with Crippen LogP contribution in [0.25, 0.3) is 10.9 Å². The first kappa shape index (κ1) is 15.6. The number of nitrogens with one attached hydrogen (secondary N) is 1. The van der Waals surface area contributed by atoms with E-state index >= 15 is 0 Å². The number of amides is 1. The molecule has 0 spiro atoms. The molecular weight excluding hydrogens is 260 g/mol. The molecule has 0 fully saturated rings. The van der Waals surface area contributed by atoms with Crippen LogP contribution in [0, 0.1) is 0 Å². The van der Waals surface area contributed by atoms with Crippen molar-refractivity contribution in [1.29, 1.82) is 0 Å². The predicted molar refractivity (Wildman–Crippen MR) is 88.3 cm³/mol. The molecule has 0 aliphatic heterocycles. The summed E-state index contributed by atoms with van der Waals surface area (Å²) in [5.41, 5.74) is 1.11. The van der Waals surface area contributed by atoms with Gasteiger partial charge in [-0.2, -0.15) is 0 Å². The molecule has 1 atom stereocenters. The minimum atomic E-state index is 0.0966. The normalized spacial score (nSPS) is 12.5. The Kier molecular flexibility index (Phi) is 5.85. The van der Waals surface area contributed by atoms with E-state index in [0.717, 1.165) is 11.9 Å². The van der Waals surface area contributed by atoms with Crippen molar-refractivity contribution in [1.82, 2.24) is 9.88 Å². The number of hydrogen-bond donors (Lipinski definition) is 1. The van der Waals surface area contributed by atoms with Crippen LogP contribution in [0.3, 0.4) is 0 Å². The smallest absolute Gasteiger partial charge is 0.240 e. The van der Waals surface area contributed by atoms with Crippen molar-refractivity contribution >= 4 is 16.8 Å². The molecule has 114 valence electrons. The number of rotatable bonds is 8. The third-order valence-corrected chi connectivity index (χ3v) is 3.89. The Morgan fingerprint density at radius 2 is 2.00 bits per heavy atom. The second-order valence-electron chi connectivity index (χ2n) is 5.82. The zero-order valence-corrected chi connectivity index (χ0v) is 13.1. The maximum Gasteiger partial charge on any atom is 0.240 e. The van der Waals surface area contributed by atoms with Gasteiger partial charge in [-0.3, -0.25) is 4.79 Å². The van der Waals surface area contributed by atoms with E-state index in [0.29, 0.717) is 6.54 Å². The molecule has 1 heterocycles. The summed E-state index contributed by atoms with van der Waals surface area (Å²) in [5, 5.41) is 4.28. The zero-order valence-electron chi connectivity index (χ0n) is 13.1. The van der Waals surface area contributed by atoms with Gasteiger partial charge in [0.25, 0.3) is 0 Å². The molecule has 3 nitrogen and oxygen atoms in total. The summed E-state index contributed by atoms with van der Waals surface area (Å²) in [6.45, 7) is 4.71. The van der Waals surface area contributed by atoms with Crippen molar-refractivity contribution < 1.29 is 4.79 Å². The van der Waals surface area contributed by atoms with E-state index in [-0.39, 0.29) is 11.9 Å². The van der Waals surface area contributed by atoms with Crippen molar-refractivity contribution in [2.24, 2.45) is 0 Å². The van der Waals surface area contributed by atoms with E-state index in [1.165, 1.54) is 31.1 Å². The lowest BCUT2D eigenvalue weighted by molar-refractivity contribution is -0.122. The van der Waals surface area contributed by atoms with E-state index in [4.69, 9.17) is 0 Å². The second kappa shape index (κ2) is 7.87. The summed E-state index contributed by atoms with van der Waals surface area (Å²) >= 11 is 0. The van der Waals surface area contributed by atoms with Gasteiger partial charge in [0.2, 0.25) is 5.91 Å². The fraction of sp³-hybridized carbons (Fsp3) is 0.500. The number of unbranched alkanes of at least 4 members (excludes halogenated alkanes) is 3. The molecule has 0 bridgehead atoms. The van der Waals surface area contributed by atoms with E-state index in [2.05, 4.69) is 37.4 Å². The molecule has 0 saturated heterocycles. The summed E-state index contributed by atoms with van der Waals surface area (Å²) in [7, 11) is 0. The number of benzene rings is 1. The molecule has 21 heavy (non-hydrogen) atoms. The summed E-state index contributed by atoms with van der Waals surface area (Å²) in [5.74, 6) is 0.0966. The molecule has 1 aromatic carbocycles. The third kappa shape index (κ3) is 4.62. The summed E-state index contributed by atoms with van der Waals surface area (Å²) < 4.78 is 2.01. The Morgan fingerprint density at radius 1 is 1.19 bits per heavy atom. The molecule has 0 saturated carbocycles. The van der Waals surface area contributed by atoms with Crippen molar-refractivity contribution in [3.8, 4) is 0 Å². The quantitative estimate of drug-likeness (QED) is 0.728. The molecule has 0 aliphatic carbocycles. The zero-order chi connectivity index (χ0) is 15.1. The maximum absolute atomic E-state index is 12.1. The van der Waals surface area contributed by atoms with Gasteiger partial charge in [0.05, 0.1) is 0 Å². The molecule has 1 N–H and O–H groups in total. The molecule has 1 aromatic heterocycles. The summed E-state index contributed by atoms with van der Waals surface area (Å²) in [6.07, 6.45) is 8.05. The van der Waals surface area contributed by atoms with Gasteiger partial charge in [-0.25, -0.2) is 0 Å². The topological polar surface area (TPSA) is 34.0 Å². The Balaban J connectivity index is 1.81. The average molecular weight is 286 g/mol. The van der Waals surface area contributed by atoms with Crippen LogP contribution >= 0.6 is 0 Å². The van der Waals surface area contributed by atoms with Gasteiger partial charge in [0, 0.05) is 17.8 Å². The lowest BCUT2D eigenvalue weighted by Crippen LogP contribution is -2.34. The molecule has 2 aromatic rings. The molecule has 0 unspecified atom stereocenters. The standard InChI is InChI=1S/C18H26N2O/c1-3-4-5-6-9-15(2)19-18(21)14-20-13-12-16-10-7-8-11-17(16)20/h7-8,10-13,15H,3-6,9,14H2,1-2H3,(H,19,21)/t15-/m1/s1. The van der Waals surface area contributed by atoms with E-state index < -0.39 is 0 Å². The number of nitrogens with zero attached hydrogens (tertiary/aromatic N) is 1. The molecule has 2 rings (SSSR count). The van der Waals surface area contributed by atoms with Gasteiger partial charge in [-0.05, 0) is 30.9 Å². The van der Waals surface area contributed by atoms with Crippen LogP contribution in [0.5, 0.6) is 0 Å². The largest absolute Gasteiger partial charge is 0.352 e. The van der Waals surface area contributed by atoms with Gasteiger partial charge >= 0.3 is 0 Å². The van der Waals surface area contributed by atoms with Crippen LogP contribution in [0.4, 0.5) is 0 Å². The summed E-state index contributed by atoms with van der Waals surface area (Å²) in [6, 6.07) is 10.5. The number of para-hydroxylation sites is 1. The molecule has 0 radical (unpaired) electrons. The highest BCUT2D eigenvalue weighted by Gasteiger charge is 2.09. The van der Waals surface area contributed by atoms with Crippen LogP contribution in [-0.2, 0) is 11.3 Å². The lowest BCUT2D eigenvalue weighted by atomic mass is 10.1. The summed E-state index contributed by atoms with van der Waals surface area (Å²) in [4.78, 5) is 12.1. The van der Waals surface area contributed by atoms with Crippen LogP contribution in [-0.4, -0.2) is 16.5 Å². The highest BCUT2D eigenvalue weighted by molar-refractivity contribution is 5.83. The number of carbonyl (C=O) groups excluding carboxylic acids is 1. The van der Waals surface area contributed by atoms with E-state index in [1.807, 2.05) is 22.9 Å². The number of carbonyl (C=O) groups is 1. The van der Waals surface area contributed by atoms with Crippen molar-refractivity contribution in [3.63, 3.8) is 0 Å². The Bertz CT molecular complexity index is 573. The van der Waals surface area contributed by atoms with Crippen molar-refractivity contribution in [3.05, 3.63) is 36.5 Å². The first-order valence-electron chi connectivity index (χ1n) is 8.04. The van der Waals surface area contributed by atoms with E-state index in [9.17, 15) is 4.79 Å². The van der Waals surface area contributed by atoms with Crippen LogP contribution < -0.4 is 5.32 Å². The number of aromatic nitrogens is 1. The van der Waals surface area contributed by atoms with Gasteiger partial charge in [-0.15, -0.1) is 0 Å². The van der Waals surface area contributed by atoms with Crippen molar-refractivity contribution in [2.75, 3.05) is 0 Å². The van der Waals surface area contributed by atoms with Crippen LogP contribution in [0.15, 0.2) is 36.5 Å². The highest BCUT2D eigenvalue weighted by atomic mass is 16.2. The van der Waals surface area contributed by atoms with Crippen LogP contribution in [0.1, 0.15) is 46.0 Å². The third-order valence-electron chi connectivity index (χ3n) is 3.89. The maximum atomic E-state index is 12.1. The number of hydrogen-bond acceptors (Lipinski definition) is 1. The molecular formula is C18H26N2O. The fourth-order valence-electron chi connectivity index (χ4n) is 2.70. The average Bonchev–Trinajstić information content (AvgIpc) is 2.87. The second-order valence-corrected chi connectivity index (χ2v) is 5.82. The SMILES string of the molecule is CCCCCC[C@@H](C)NC(=O)Cn1ccc2ccccc21. The minimum absolute atomic E-state index is 0.0966. The first-order chi connectivity index (χ1) is 10.2. The first-order valence-corrected chi connectivity index (χ1v) is 8.04. The molecule has 1 amide bonds. The Hall–Kier alpha value is -1.77. The Morgan fingerprint density at radius 3 is 2.81 bits per heavy atom. The van der Waals surface area contributed by atoms with E-state index in [1.54, 1.807) is 0 Å². The highest BCUT2D eigenvalue weighted by Crippen LogP contribution is 2.14. The monoisotopic (exact) mass is 286 g/mol. The van der Waals surface area contributed by atoms with Gasteiger partial charge in [-0.1, -0.05) is 50.8 Å². The van der Waals surface area contributed by atoms with Crippen LogP contribution in [0.2, 0.25) is 0 Å². The van der Waals surface area contributed by atoms with Gasteiger partial charge in [0.1, 0.15) is 6.54 Å². The Labute approximate surface area is 127 Å².